The molecule has 13 heterocycles. The van der Waals surface area contributed by atoms with E-state index in [0.717, 1.165) is 124 Å². The lowest BCUT2D eigenvalue weighted by Crippen LogP contribution is -2.54. The number of imide groups is 3. The Bertz CT molecular complexity index is 5760. The van der Waals surface area contributed by atoms with Gasteiger partial charge in [0.25, 0.3) is 23.6 Å². The Kier molecular flexibility index (Phi) is 26.3. The third kappa shape index (κ3) is 19.3. The number of piperidine rings is 1. The summed E-state index contributed by atoms with van der Waals surface area (Å²) in [6.45, 7) is 11.0. The van der Waals surface area contributed by atoms with Gasteiger partial charge in [0.2, 0.25) is 17.7 Å². The molecule has 7 aliphatic heterocycles. The van der Waals surface area contributed by atoms with Crippen LogP contribution in [0, 0.1) is 11.6 Å². The molecule has 1 saturated carbocycles. The van der Waals surface area contributed by atoms with Gasteiger partial charge in [0.05, 0.1) is 110 Å². The zero-order valence-electron chi connectivity index (χ0n) is 68.7. The summed E-state index contributed by atoms with van der Waals surface area (Å²) in [6.07, 6.45) is 7.77. The molecule has 36 heteroatoms. The number of anilines is 6. The number of nitrogens with one attached hydrogen (secondary N) is 4. The Balaban J connectivity index is 0.000000154. The van der Waals surface area contributed by atoms with Crippen molar-refractivity contribution in [2.24, 2.45) is 5.73 Å². The number of ketones is 2. The standard InChI is InChI=1S/C45H47FN10O6.C27H28FN7O2.C17H20N4O5/c46-30-5-1-4-29(24-30)36-7-3-17-54(36)42-14-13-40-49-27-38(56(40)51-42)35-6-2-8-41(50-35)53-20-18-52(19-21-53)28-43(59)48-16-23-62-22-15-47-31-9-11-33-34(25-31)45(61)55(44(33)60)37-12-10-32(57)26-39(37)58;28-20-5-1-4-19(16-20)22-7-3-11-34(22)26-10-9-24-29-17-23(35(24)31-26)21-6-2-8-25(30-21)33-14-12-32(13-15-33)18-27(36)37;18-5-7-26-8-6-19-10-1-2-11-12(9-10)17(25)21(16(11)24)13-3-4-14(22)20-15(13)23/h1-2,4-6,8-9,11,13-14,24-25,27,36-37,47H,3,7,10,12,15-23,26,28H2,(H,48,59);1-2,4-6,8-10,16-17,22H,3,7,11-15,18H2,(H,36,37);1-2,9,13,19H,3-8,18H2,(H,20,22,23)/t36-,37?;22-;/m11./s1. The largest absolute Gasteiger partial charge is 0.480 e. The SMILES string of the molecule is NCCOCCNc1ccc2c(c1)C(=O)N(C1CCC(=O)NC1=O)C2=O.O=C(O)CN1CCN(c2cccc(-c3cnc4ccc(N5CCC[C@@H]5c5cccc(F)c5)nn34)n2)CC1.O=C1CCC(N2C(=O)c3ccc(NCCOCCNC(=O)CN4CCN(c5cccc(-c6cnc7ccc(N8CCC[C@@H]8c8cccc(F)c8)nn67)n5)CC4)cc3C2=O)C(=O)C1. The third-order valence-corrected chi connectivity index (χ3v) is 23.5. The Morgan fingerprint density at radius 1 is 0.488 bits per heavy atom. The topological polar surface area (TPSA) is 396 Å². The molecule has 0 radical (unpaired) electrons. The van der Waals surface area contributed by atoms with Crippen molar-refractivity contribution in [3.63, 3.8) is 0 Å². The fraction of sp³-hybridized carbons (Fsp3) is 0.371. The molecule has 4 atom stereocenters. The predicted molar refractivity (Wildman–Crippen MR) is 457 cm³/mol. The number of fused-ring (bicyclic) bond motifs is 4. The summed E-state index contributed by atoms with van der Waals surface area (Å²) in [7, 11) is 0. The second kappa shape index (κ2) is 38.6. The minimum Gasteiger partial charge on any atom is -0.480 e. The molecule has 0 bridgehead atoms. The fourth-order valence-electron chi connectivity index (χ4n) is 17.2. The number of ether oxygens (including phenoxy) is 2. The van der Waals surface area contributed by atoms with E-state index in [9.17, 15) is 56.7 Å². The van der Waals surface area contributed by atoms with Gasteiger partial charge in [0.1, 0.15) is 58.1 Å². The summed E-state index contributed by atoms with van der Waals surface area (Å²) in [6, 6.07) is 41.3. The van der Waals surface area contributed by atoms with Crippen molar-refractivity contribution in [3.8, 4) is 22.8 Å². The number of carboxylic acid groups (broad SMARTS) is 1. The maximum Gasteiger partial charge on any atom is 0.317 e. The molecule has 6 aromatic heterocycles. The molecule has 5 saturated heterocycles. The highest BCUT2D eigenvalue weighted by Crippen LogP contribution is 2.40. The van der Waals surface area contributed by atoms with Crippen LogP contribution in [0.3, 0.4) is 0 Å². The number of pyridine rings is 2. The van der Waals surface area contributed by atoms with Gasteiger partial charge in [-0.1, -0.05) is 36.4 Å². The molecule has 0 spiro atoms. The van der Waals surface area contributed by atoms with Crippen LogP contribution in [0.1, 0.15) is 122 Å². The summed E-state index contributed by atoms with van der Waals surface area (Å²) in [5.41, 5.74) is 14.0. The van der Waals surface area contributed by atoms with Crippen LogP contribution in [-0.2, 0) is 38.2 Å². The number of rotatable bonds is 27. The van der Waals surface area contributed by atoms with E-state index in [-0.39, 0.29) is 103 Å². The fourth-order valence-corrected chi connectivity index (χ4v) is 17.2. The zero-order valence-corrected chi connectivity index (χ0v) is 68.7. The van der Waals surface area contributed by atoms with Crippen molar-refractivity contribution in [2.45, 2.75) is 82.0 Å². The van der Waals surface area contributed by atoms with Crippen LogP contribution in [0.5, 0.6) is 0 Å². The van der Waals surface area contributed by atoms with Crippen molar-refractivity contribution in [2.75, 3.05) is 161 Å². The molecule has 648 valence electrons. The molecule has 7 N–H and O–H groups in total. The second-order valence-electron chi connectivity index (χ2n) is 31.6. The zero-order chi connectivity index (χ0) is 86.8. The van der Waals surface area contributed by atoms with Crippen LogP contribution >= 0.6 is 0 Å². The molecular weight excluding hydrogens is 1610 g/mol. The van der Waals surface area contributed by atoms with E-state index in [1.807, 2.05) is 86.7 Å². The number of aliphatic carboxylic acids is 1. The first kappa shape index (κ1) is 85.2. The van der Waals surface area contributed by atoms with Crippen LogP contribution in [0.15, 0.2) is 158 Å². The molecule has 6 fully saturated rings. The van der Waals surface area contributed by atoms with E-state index in [4.69, 9.17) is 40.5 Å². The number of benzene rings is 4. The molecular formula is C89H95F2N21O13. The smallest absolute Gasteiger partial charge is 0.317 e. The molecule has 10 aromatic rings. The van der Waals surface area contributed by atoms with E-state index >= 15 is 0 Å². The third-order valence-electron chi connectivity index (χ3n) is 23.5. The van der Waals surface area contributed by atoms with Gasteiger partial charge in [0, 0.05) is 116 Å². The molecule has 18 rings (SSSR count). The van der Waals surface area contributed by atoms with Crippen LogP contribution in [0.4, 0.5) is 43.4 Å². The van der Waals surface area contributed by atoms with Crippen molar-refractivity contribution in [1.29, 1.82) is 0 Å². The minimum absolute atomic E-state index is 0.0460. The highest BCUT2D eigenvalue weighted by atomic mass is 19.1. The van der Waals surface area contributed by atoms with Crippen molar-refractivity contribution in [3.05, 3.63) is 203 Å². The van der Waals surface area contributed by atoms with Gasteiger partial charge in [-0.3, -0.25) is 72.9 Å². The van der Waals surface area contributed by atoms with Gasteiger partial charge in [0.15, 0.2) is 17.1 Å². The number of nitrogens with zero attached hydrogens (tertiary/aromatic N) is 16. The number of carboxylic acids is 1. The van der Waals surface area contributed by atoms with Crippen molar-refractivity contribution in [1.82, 2.24) is 69.4 Å². The predicted octanol–water partition coefficient (Wildman–Crippen LogP) is 6.88. The second-order valence-corrected chi connectivity index (χ2v) is 31.6. The van der Waals surface area contributed by atoms with E-state index < -0.39 is 59.3 Å². The number of Topliss-reactive ketones (excluding diaryl/α,β-unsaturated/α-hetero) is 2. The summed E-state index contributed by atoms with van der Waals surface area (Å²) in [4.78, 5) is 156. The molecule has 1 aliphatic carbocycles. The van der Waals surface area contributed by atoms with Gasteiger partial charge in [-0.2, -0.15) is 0 Å². The number of piperazine rings is 2. The summed E-state index contributed by atoms with van der Waals surface area (Å²) in [5, 5.41) is 30.4. The maximum atomic E-state index is 14.1. The summed E-state index contributed by atoms with van der Waals surface area (Å²) < 4.78 is 42.6. The minimum atomic E-state index is -0.957. The lowest BCUT2D eigenvalue weighted by molar-refractivity contribution is -0.139. The van der Waals surface area contributed by atoms with Crippen LogP contribution < -0.4 is 46.6 Å². The number of carbonyl (C=O) groups is 10. The molecule has 8 aliphatic rings. The highest BCUT2D eigenvalue weighted by molar-refractivity contribution is 6.25. The number of hydrogen-bond donors (Lipinski definition) is 6. The van der Waals surface area contributed by atoms with Crippen molar-refractivity contribution >= 4 is 105 Å². The number of halogens is 2. The van der Waals surface area contributed by atoms with Crippen molar-refractivity contribution < 1.29 is 71.3 Å². The lowest BCUT2D eigenvalue weighted by Gasteiger charge is -2.35. The number of carbonyl (C=O) groups excluding carboxylic acids is 9. The average Bonchev–Trinajstić information content (AvgIpc) is 1.62. The molecule has 2 unspecified atom stereocenters. The molecule has 125 heavy (non-hydrogen) atoms. The summed E-state index contributed by atoms with van der Waals surface area (Å²) >= 11 is 0. The first-order chi connectivity index (χ1) is 60.8. The van der Waals surface area contributed by atoms with Gasteiger partial charge in [-0.15, -0.1) is 10.2 Å². The van der Waals surface area contributed by atoms with Gasteiger partial charge < -0.3 is 55.9 Å². The average molecular weight is 1700 g/mol. The normalized spacial score (nSPS) is 19.2. The first-order valence-corrected chi connectivity index (χ1v) is 42.1. The highest BCUT2D eigenvalue weighted by Gasteiger charge is 2.47. The number of aromatic nitrogens is 8. The quantitative estimate of drug-likeness (QED) is 0.0173. The maximum absolute atomic E-state index is 14.1. The number of amides is 7. The lowest BCUT2D eigenvalue weighted by atomic mass is 9.92. The number of hydrogen-bond acceptors (Lipinski definition) is 27. The molecule has 7 amide bonds. The Hall–Kier alpha value is -13.4. The summed E-state index contributed by atoms with van der Waals surface area (Å²) in [5.74, 6) is -1.69. The molecule has 34 nitrogen and oxygen atoms in total. The monoisotopic (exact) mass is 1700 g/mol. The van der Waals surface area contributed by atoms with Crippen LogP contribution in [-0.4, -0.2) is 266 Å². The number of imidazole rings is 2. The first-order valence-electron chi connectivity index (χ1n) is 42.1. The van der Waals surface area contributed by atoms with E-state index in [1.165, 1.54) is 12.1 Å². The molecule has 4 aromatic carbocycles. The Morgan fingerprint density at radius 2 is 0.968 bits per heavy atom. The van der Waals surface area contributed by atoms with Crippen LogP contribution in [0.25, 0.3) is 34.1 Å². The Labute approximate surface area is 717 Å². The van der Waals surface area contributed by atoms with E-state index in [0.29, 0.717) is 109 Å². The van der Waals surface area contributed by atoms with Gasteiger partial charge in [-0.05, 0) is 159 Å². The van der Waals surface area contributed by atoms with E-state index in [2.05, 4.69) is 55.7 Å². The van der Waals surface area contributed by atoms with Gasteiger partial charge >= 0.3 is 5.97 Å². The van der Waals surface area contributed by atoms with E-state index in [1.54, 1.807) is 73.1 Å². The Morgan fingerprint density at radius 3 is 1.46 bits per heavy atom. The number of nitrogens with two attached hydrogens (primary N) is 1. The van der Waals surface area contributed by atoms with Gasteiger partial charge in [-0.25, -0.2) is 37.7 Å². The van der Waals surface area contributed by atoms with Crippen LogP contribution in [0.2, 0.25) is 0 Å².